The van der Waals surface area contributed by atoms with Crippen molar-refractivity contribution in [1.82, 2.24) is 4.90 Å². The van der Waals surface area contributed by atoms with Crippen molar-refractivity contribution in [2.24, 2.45) is 5.73 Å². The summed E-state index contributed by atoms with van der Waals surface area (Å²) < 4.78 is 5.20. The number of carbonyl (C=O) groups is 1. The zero-order valence-corrected chi connectivity index (χ0v) is 7.66. The van der Waals surface area contributed by atoms with Gasteiger partial charge in [0, 0.05) is 13.1 Å². The molecular weight excluding hydrogens is 156 g/mol. The Morgan fingerprint density at radius 2 is 2.00 bits per heavy atom. The van der Waals surface area contributed by atoms with Crippen molar-refractivity contribution < 1.29 is 9.53 Å². The van der Waals surface area contributed by atoms with E-state index in [4.69, 9.17) is 9.53 Å². The fourth-order valence-electron chi connectivity index (χ4n) is 1.14. The van der Waals surface area contributed by atoms with Crippen molar-refractivity contribution in [1.29, 1.82) is 0 Å². The maximum absolute atomic E-state index is 8.58. The van der Waals surface area contributed by atoms with Crippen molar-refractivity contribution in [3.05, 3.63) is 0 Å². The zero-order valence-electron chi connectivity index (χ0n) is 7.66. The van der Waals surface area contributed by atoms with Crippen LogP contribution in [0.5, 0.6) is 0 Å². The smallest absolute Gasteiger partial charge is 0.204 e. The highest BCUT2D eigenvalue weighted by Gasteiger charge is 2.07. The first-order valence-corrected chi connectivity index (χ1v) is 4.30. The van der Waals surface area contributed by atoms with E-state index >= 15 is 0 Å². The summed E-state index contributed by atoms with van der Waals surface area (Å²) in [7, 11) is 0. The normalized spacial score (nSPS) is 17.8. The van der Waals surface area contributed by atoms with Crippen LogP contribution >= 0.6 is 0 Å². The standard InChI is InChI=1S/C7H15NO.CH3NO/c1-2-3-8-4-6-9-7-5-8;2-1-3/h2-7H2,1H3;1H,(H2,2,3). The molecule has 1 fully saturated rings. The fraction of sp³-hybridized carbons (Fsp3) is 0.875. The van der Waals surface area contributed by atoms with E-state index in [1.54, 1.807) is 0 Å². The number of nitrogens with zero attached hydrogens (tertiary/aromatic N) is 1. The van der Waals surface area contributed by atoms with Gasteiger partial charge in [0.15, 0.2) is 0 Å². The first-order valence-electron chi connectivity index (χ1n) is 4.30. The molecule has 0 bridgehead atoms. The second kappa shape index (κ2) is 8.49. The van der Waals surface area contributed by atoms with E-state index in [2.05, 4.69) is 17.6 Å². The molecule has 1 aliphatic heterocycles. The van der Waals surface area contributed by atoms with Gasteiger partial charge in [-0.3, -0.25) is 9.69 Å². The molecule has 1 aliphatic rings. The van der Waals surface area contributed by atoms with Crippen LogP contribution in [0.1, 0.15) is 13.3 Å². The lowest BCUT2D eigenvalue weighted by atomic mass is 10.4. The number of nitrogens with two attached hydrogens (primary N) is 1. The van der Waals surface area contributed by atoms with E-state index in [1.165, 1.54) is 13.0 Å². The second-order valence-electron chi connectivity index (χ2n) is 2.59. The van der Waals surface area contributed by atoms with Crippen molar-refractivity contribution in [3.8, 4) is 0 Å². The van der Waals surface area contributed by atoms with Gasteiger partial charge in [0.1, 0.15) is 0 Å². The maximum atomic E-state index is 8.58. The highest BCUT2D eigenvalue weighted by atomic mass is 16.5. The Kier molecular flexibility index (Phi) is 8.05. The van der Waals surface area contributed by atoms with Crippen molar-refractivity contribution in [3.63, 3.8) is 0 Å². The van der Waals surface area contributed by atoms with Crippen LogP contribution in [0, 0.1) is 0 Å². The minimum atomic E-state index is 0.250. The summed E-state index contributed by atoms with van der Waals surface area (Å²) >= 11 is 0. The van der Waals surface area contributed by atoms with E-state index < -0.39 is 0 Å². The van der Waals surface area contributed by atoms with Gasteiger partial charge >= 0.3 is 0 Å². The number of hydrogen-bond acceptors (Lipinski definition) is 3. The molecule has 12 heavy (non-hydrogen) atoms. The van der Waals surface area contributed by atoms with Gasteiger partial charge in [-0.15, -0.1) is 0 Å². The highest BCUT2D eigenvalue weighted by molar-refractivity contribution is 5.42. The molecule has 0 atom stereocenters. The molecule has 1 heterocycles. The first kappa shape index (κ1) is 11.4. The van der Waals surface area contributed by atoms with Crippen molar-refractivity contribution >= 4 is 6.41 Å². The molecule has 1 rings (SSSR count). The lowest BCUT2D eigenvalue weighted by Crippen LogP contribution is -2.36. The number of hydrogen-bond donors (Lipinski definition) is 1. The molecule has 0 aliphatic carbocycles. The Hall–Kier alpha value is -0.610. The van der Waals surface area contributed by atoms with Crippen LogP contribution in [0.4, 0.5) is 0 Å². The number of ether oxygens (including phenoxy) is 1. The number of morpholine rings is 1. The average molecular weight is 174 g/mol. The largest absolute Gasteiger partial charge is 0.379 e. The quantitative estimate of drug-likeness (QED) is 0.591. The van der Waals surface area contributed by atoms with Crippen LogP contribution in [-0.2, 0) is 9.53 Å². The third-order valence-electron chi connectivity index (χ3n) is 1.64. The molecule has 0 unspecified atom stereocenters. The van der Waals surface area contributed by atoms with Crippen LogP contribution in [0.15, 0.2) is 0 Å². The van der Waals surface area contributed by atoms with Crippen LogP contribution in [0.25, 0.3) is 0 Å². The molecule has 1 saturated heterocycles. The van der Waals surface area contributed by atoms with E-state index in [-0.39, 0.29) is 6.41 Å². The van der Waals surface area contributed by atoms with Gasteiger partial charge in [-0.1, -0.05) is 6.92 Å². The number of carbonyl (C=O) groups excluding carboxylic acids is 1. The topological polar surface area (TPSA) is 55.6 Å². The Labute approximate surface area is 73.7 Å². The molecular formula is C8H18N2O2. The highest BCUT2D eigenvalue weighted by Crippen LogP contribution is 1.96. The second-order valence-corrected chi connectivity index (χ2v) is 2.59. The SMILES string of the molecule is CCCN1CCOCC1.NC=O. The molecule has 0 aromatic carbocycles. The number of amides is 1. The Balaban J connectivity index is 0.000000354. The maximum Gasteiger partial charge on any atom is 0.204 e. The minimum absolute atomic E-state index is 0.250. The lowest BCUT2D eigenvalue weighted by Gasteiger charge is -2.25. The van der Waals surface area contributed by atoms with Crippen LogP contribution < -0.4 is 5.73 Å². The van der Waals surface area contributed by atoms with Crippen LogP contribution in [-0.4, -0.2) is 44.2 Å². The number of rotatable bonds is 2. The minimum Gasteiger partial charge on any atom is -0.379 e. The van der Waals surface area contributed by atoms with Gasteiger partial charge in [0.05, 0.1) is 13.2 Å². The summed E-state index contributed by atoms with van der Waals surface area (Å²) in [6.07, 6.45) is 1.51. The van der Waals surface area contributed by atoms with Crippen LogP contribution in [0.3, 0.4) is 0 Å². The van der Waals surface area contributed by atoms with Gasteiger partial charge < -0.3 is 10.5 Å². The van der Waals surface area contributed by atoms with E-state index in [0.717, 1.165) is 26.3 Å². The molecule has 0 aromatic rings. The zero-order chi connectivity index (χ0) is 9.23. The summed E-state index contributed by atoms with van der Waals surface area (Å²) in [6.45, 7) is 7.58. The molecule has 4 nitrogen and oxygen atoms in total. The Bertz CT molecular complexity index is 100. The summed E-state index contributed by atoms with van der Waals surface area (Å²) in [6, 6.07) is 0. The third kappa shape index (κ3) is 6.12. The van der Waals surface area contributed by atoms with Gasteiger partial charge in [-0.25, -0.2) is 0 Å². The summed E-state index contributed by atoms with van der Waals surface area (Å²) in [5.74, 6) is 0. The predicted molar refractivity (Wildman–Crippen MR) is 47.8 cm³/mol. The van der Waals surface area contributed by atoms with Gasteiger partial charge in [-0.2, -0.15) is 0 Å². The Morgan fingerprint density at radius 1 is 1.50 bits per heavy atom. The first-order chi connectivity index (χ1) is 5.85. The molecule has 1 amide bonds. The summed E-state index contributed by atoms with van der Waals surface area (Å²) in [5, 5.41) is 0. The molecule has 0 aromatic heterocycles. The summed E-state index contributed by atoms with van der Waals surface area (Å²) in [4.78, 5) is 11.0. The molecule has 4 heteroatoms. The molecule has 2 N–H and O–H groups in total. The monoisotopic (exact) mass is 174 g/mol. The fourth-order valence-corrected chi connectivity index (χ4v) is 1.14. The summed E-state index contributed by atoms with van der Waals surface area (Å²) in [5.41, 5.74) is 4.17. The molecule has 0 spiro atoms. The van der Waals surface area contributed by atoms with E-state index in [1.807, 2.05) is 0 Å². The van der Waals surface area contributed by atoms with E-state index in [0.29, 0.717) is 0 Å². The Morgan fingerprint density at radius 3 is 2.42 bits per heavy atom. The molecule has 72 valence electrons. The lowest BCUT2D eigenvalue weighted by molar-refractivity contribution is -0.106. The van der Waals surface area contributed by atoms with Crippen LogP contribution in [0.2, 0.25) is 0 Å². The molecule has 0 radical (unpaired) electrons. The predicted octanol–water partition coefficient (Wildman–Crippen LogP) is -0.170. The third-order valence-corrected chi connectivity index (χ3v) is 1.64. The van der Waals surface area contributed by atoms with Crippen molar-refractivity contribution in [2.75, 3.05) is 32.8 Å². The van der Waals surface area contributed by atoms with Gasteiger partial charge in [0.2, 0.25) is 6.41 Å². The van der Waals surface area contributed by atoms with E-state index in [9.17, 15) is 0 Å². The van der Waals surface area contributed by atoms with Gasteiger partial charge in [0.25, 0.3) is 0 Å². The van der Waals surface area contributed by atoms with Gasteiger partial charge in [-0.05, 0) is 13.0 Å². The van der Waals surface area contributed by atoms with Crippen molar-refractivity contribution in [2.45, 2.75) is 13.3 Å². The molecule has 0 saturated carbocycles. The number of primary amides is 1. The average Bonchev–Trinajstić information content (AvgIpc) is 2.08.